The Morgan fingerprint density at radius 2 is 1.65 bits per heavy atom. The molecule has 0 bridgehead atoms. The number of hydrogen-bond acceptors (Lipinski definition) is 3. The summed E-state index contributed by atoms with van der Waals surface area (Å²) >= 11 is 5.86. The van der Waals surface area contributed by atoms with E-state index in [1.54, 1.807) is 18.3 Å². The fourth-order valence-corrected chi connectivity index (χ4v) is 2.66. The van der Waals surface area contributed by atoms with Crippen molar-refractivity contribution in [3.8, 4) is 11.1 Å². The summed E-state index contributed by atoms with van der Waals surface area (Å²) in [5, 5.41) is 17.7. The molecule has 0 amide bonds. The first kappa shape index (κ1) is 15.7. The number of aromatic nitrogens is 2. The Kier molecular flexibility index (Phi) is 4.76. The van der Waals surface area contributed by atoms with Gasteiger partial charge in [0, 0.05) is 22.8 Å². The number of hydrogen-bond donors (Lipinski definition) is 3. The van der Waals surface area contributed by atoms with Crippen LogP contribution in [0.5, 0.6) is 0 Å². The standard InChI is InChI=1S/C18H18ClN3O/c19-16-7-5-14(6-8-16)18(23)9-17(20)13-3-1-12(2-4-13)15-10-21-22-11-15/h1-8,10-11,17-18,23H,9,20H2,(H,21,22). The van der Waals surface area contributed by atoms with Crippen LogP contribution in [0, 0.1) is 0 Å². The van der Waals surface area contributed by atoms with E-state index in [1.807, 2.05) is 42.6 Å². The third kappa shape index (κ3) is 3.79. The van der Waals surface area contributed by atoms with Gasteiger partial charge in [-0.3, -0.25) is 5.10 Å². The van der Waals surface area contributed by atoms with Gasteiger partial charge in [0.2, 0.25) is 0 Å². The van der Waals surface area contributed by atoms with E-state index in [4.69, 9.17) is 17.3 Å². The first-order valence-corrected chi connectivity index (χ1v) is 7.79. The second-order valence-electron chi connectivity index (χ2n) is 5.52. The van der Waals surface area contributed by atoms with Gasteiger partial charge in [0.1, 0.15) is 0 Å². The van der Waals surface area contributed by atoms with Crippen LogP contribution in [0.3, 0.4) is 0 Å². The van der Waals surface area contributed by atoms with Crippen molar-refractivity contribution in [2.24, 2.45) is 5.73 Å². The molecule has 4 N–H and O–H groups in total. The first-order valence-electron chi connectivity index (χ1n) is 7.41. The highest BCUT2D eigenvalue weighted by Crippen LogP contribution is 2.27. The normalized spacial score (nSPS) is 13.7. The molecule has 2 unspecified atom stereocenters. The van der Waals surface area contributed by atoms with Gasteiger partial charge in [-0.15, -0.1) is 0 Å². The van der Waals surface area contributed by atoms with Crippen molar-refractivity contribution in [3.63, 3.8) is 0 Å². The average Bonchev–Trinajstić information content (AvgIpc) is 3.10. The number of aromatic amines is 1. The van der Waals surface area contributed by atoms with Crippen LogP contribution in [-0.2, 0) is 0 Å². The predicted molar refractivity (Wildman–Crippen MR) is 92.0 cm³/mol. The molecule has 0 aliphatic heterocycles. The number of rotatable bonds is 5. The first-order chi connectivity index (χ1) is 11.1. The van der Waals surface area contributed by atoms with E-state index in [0.29, 0.717) is 11.4 Å². The fraction of sp³-hybridized carbons (Fsp3) is 0.167. The molecule has 0 aliphatic rings. The highest BCUT2D eigenvalue weighted by atomic mass is 35.5. The van der Waals surface area contributed by atoms with Crippen LogP contribution in [0.25, 0.3) is 11.1 Å². The summed E-state index contributed by atoms with van der Waals surface area (Å²) in [4.78, 5) is 0. The van der Waals surface area contributed by atoms with Gasteiger partial charge in [-0.1, -0.05) is 48.0 Å². The second kappa shape index (κ2) is 6.96. The summed E-state index contributed by atoms with van der Waals surface area (Å²) in [5.74, 6) is 0. The van der Waals surface area contributed by atoms with E-state index in [2.05, 4.69) is 10.2 Å². The van der Waals surface area contributed by atoms with Crippen molar-refractivity contribution in [3.05, 3.63) is 77.1 Å². The van der Waals surface area contributed by atoms with Gasteiger partial charge < -0.3 is 10.8 Å². The predicted octanol–water partition coefficient (Wildman–Crippen LogP) is 3.85. The van der Waals surface area contributed by atoms with Crippen molar-refractivity contribution in [1.82, 2.24) is 10.2 Å². The lowest BCUT2D eigenvalue weighted by Crippen LogP contribution is -2.14. The van der Waals surface area contributed by atoms with Gasteiger partial charge in [-0.05, 0) is 35.2 Å². The second-order valence-corrected chi connectivity index (χ2v) is 5.95. The third-order valence-corrected chi connectivity index (χ3v) is 4.15. The highest BCUT2D eigenvalue weighted by Gasteiger charge is 2.14. The van der Waals surface area contributed by atoms with Crippen LogP contribution in [0.4, 0.5) is 0 Å². The SMILES string of the molecule is NC(CC(O)c1ccc(Cl)cc1)c1ccc(-c2cn[nH]c2)cc1. The summed E-state index contributed by atoms with van der Waals surface area (Å²) in [6.07, 6.45) is 3.46. The van der Waals surface area contributed by atoms with Crippen LogP contribution in [-0.4, -0.2) is 15.3 Å². The van der Waals surface area contributed by atoms with Crippen LogP contribution in [0.15, 0.2) is 60.9 Å². The Morgan fingerprint density at radius 1 is 1.00 bits per heavy atom. The molecule has 5 heteroatoms. The van der Waals surface area contributed by atoms with Crippen molar-refractivity contribution in [1.29, 1.82) is 0 Å². The van der Waals surface area contributed by atoms with Crippen molar-refractivity contribution in [2.75, 3.05) is 0 Å². The Hall–Kier alpha value is -2.14. The molecule has 23 heavy (non-hydrogen) atoms. The minimum Gasteiger partial charge on any atom is -0.388 e. The van der Waals surface area contributed by atoms with Gasteiger partial charge >= 0.3 is 0 Å². The minimum atomic E-state index is -0.615. The molecule has 0 saturated carbocycles. The van der Waals surface area contributed by atoms with Crippen molar-refractivity contribution in [2.45, 2.75) is 18.6 Å². The summed E-state index contributed by atoms with van der Waals surface area (Å²) in [6.45, 7) is 0. The van der Waals surface area contributed by atoms with Crippen LogP contribution < -0.4 is 5.73 Å². The lowest BCUT2D eigenvalue weighted by Gasteiger charge is -2.17. The largest absolute Gasteiger partial charge is 0.388 e. The molecule has 0 saturated heterocycles. The van der Waals surface area contributed by atoms with E-state index in [9.17, 15) is 5.11 Å². The number of nitrogens with one attached hydrogen (secondary N) is 1. The quantitative estimate of drug-likeness (QED) is 0.666. The molecule has 0 aliphatic carbocycles. The van der Waals surface area contributed by atoms with E-state index >= 15 is 0 Å². The van der Waals surface area contributed by atoms with E-state index in [0.717, 1.165) is 22.3 Å². The summed E-state index contributed by atoms with van der Waals surface area (Å²) < 4.78 is 0. The maximum absolute atomic E-state index is 10.3. The van der Waals surface area contributed by atoms with Crippen LogP contribution >= 0.6 is 11.6 Å². The van der Waals surface area contributed by atoms with Crippen molar-refractivity contribution < 1.29 is 5.11 Å². The van der Waals surface area contributed by atoms with Crippen molar-refractivity contribution >= 4 is 11.6 Å². The Bertz CT molecular complexity index is 739. The Balaban J connectivity index is 1.68. The molecule has 2 aromatic carbocycles. The molecular formula is C18H18ClN3O. The maximum Gasteiger partial charge on any atom is 0.0808 e. The minimum absolute atomic E-state index is 0.237. The average molecular weight is 328 g/mol. The molecular weight excluding hydrogens is 310 g/mol. The molecule has 3 aromatic rings. The summed E-state index contributed by atoms with van der Waals surface area (Å²) in [5.41, 5.74) is 10.1. The molecule has 3 rings (SSSR count). The molecule has 1 heterocycles. The van der Waals surface area contributed by atoms with E-state index < -0.39 is 6.10 Å². The smallest absolute Gasteiger partial charge is 0.0808 e. The Morgan fingerprint density at radius 3 is 2.26 bits per heavy atom. The number of nitrogens with two attached hydrogens (primary N) is 1. The maximum atomic E-state index is 10.3. The third-order valence-electron chi connectivity index (χ3n) is 3.90. The molecule has 0 fully saturated rings. The number of aliphatic hydroxyl groups excluding tert-OH is 1. The van der Waals surface area contributed by atoms with Gasteiger partial charge in [0.05, 0.1) is 12.3 Å². The zero-order valence-corrected chi connectivity index (χ0v) is 13.2. The summed E-state index contributed by atoms with van der Waals surface area (Å²) in [6, 6.07) is 14.9. The summed E-state index contributed by atoms with van der Waals surface area (Å²) in [7, 11) is 0. The fourth-order valence-electron chi connectivity index (χ4n) is 2.53. The van der Waals surface area contributed by atoms with Gasteiger partial charge in [-0.25, -0.2) is 0 Å². The lowest BCUT2D eigenvalue weighted by atomic mass is 9.96. The Labute approximate surface area is 139 Å². The number of halogens is 1. The molecule has 2 atom stereocenters. The monoisotopic (exact) mass is 327 g/mol. The van der Waals surface area contributed by atoms with Crippen LogP contribution in [0.2, 0.25) is 5.02 Å². The van der Waals surface area contributed by atoms with E-state index in [-0.39, 0.29) is 6.04 Å². The van der Waals surface area contributed by atoms with E-state index in [1.165, 1.54) is 0 Å². The highest BCUT2D eigenvalue weighted by molar-refractivity contribution is 6.30. The zero-order valence-electron chi connectivity index (χ0n) is 12.5. The lowest BCUT2D eigenvalue weighted by molar-refractivity contribution is 0.158. The zero-order chi connectivity index (χ0) is 16.2. The number of nitrogens with zero attached hydrogens (tertiary/aromatic N) is 1. The number of aliphatic hydroxyl groups is 1. The molecule has 0 spiro atoms. The number of H-pyrrole nitrogens is 1. The molecule has 118 valence electrons. The topological polar surface area (TPSA) is 74.9 Å². The van der Waals surface area contributed by atoms with Gasteiger partial charge in [-0.2, -0.15) is 5.10 Å². The number of benzene rings is 2. The molecule has 4 nitrogen and oxygen atoms in total. The van der Waals surface area contributed by atoms with Crippen LogP contribution in [0.1, 0.15) is 29.7 Å². The van der Waals surface area contributed by atoms with Gasteiger partial charge in [0.25, 0.3) is 0 Å². The molecule has 0 radical (unpaired) electrons. The molecule has 1 aromatic heterocycles. The van der Waals surface area contributed by atoms with Gasteiger partial charge in [0.15, 0.2) is 0 Å².